The summed E-state index contributed by atoms with van der Waals surface area (Å²) in [7, 11) is 0. The minimum Gasteiger partial charge on any atom is -0.455 e. The van der Waals surface area contributed by atoms with E-state index in [0.717, 1.165) is 11.8 Å². The molecule has 0 saturated carbocycles. The standard InChI is InChI=1S/C11H9N3O4/c15-10(9-6-12-11(13-9)14(16)17)18-7-8-4-2-1-3-5-8/h1-6H,7H2,(H,12,13). The minimum absolute atomic E-state index is 0.0439. The molecule has 1 aromatic heterocycles. The molecule has 1 aromatic carbocycles. The van der Waals surface area contributed by atoms with Crippen LogP contribution in [-0.2, 0) is 11.3 Å². The van der Waals surface area contributed by atoms with E-state index < -0.39 is 16.8 Å². The quantitative estimate of drug-likeness (QED) is 0.503. The average Bonchev–Trinajstić information content (AvgIpc) is 2.87. The van der Waals surface area contributed by atoms with Crippen molar-refractivity contribution in [3.05, 3.63) is 57.9 Å². The zero-order valence-corrected chi connectivity index (χ0v) is 9.20. The molecule has 92 valence electrons. The van der Waals surface area contributed by atoms with Crippen molar-refractivity contribution in [2.24, 2.45) is 0 Å². The Morgan fingerprint density at radius 1 is 1.39 bits per heavy atom. The third kappa shape index (κ3) is 2.70. The second-order valence-corrected chi connectivity index (χ2v) is 3.44. The lowest BCUT2D eigenvalue weighted by molar-refractivity contribution is -0.393. The molecule has 0 aliphatic carbocycles. The molecule has 18 heavy (non-hydrogen) atoms. The van der Waals surface area contributed by atoms with Gasteiger partial charge in [-0.15, -0.1) is 0 Å². The van der Waals surface area contributed by atoms with Crippen LogP contribution in [0.1, 0.15) is 16.1 Å². The number of ether oxygens (including phenoxy) is 1. The maximum Gasteiger partial charge on any atom is 0.432 e. The molecule has 7 nitrogen and oxygen atoms in total. The number of carbonyl (C=O) groups excluding carboxylic acids is 1. The number of H-pyrrole nitrogens is 1. The smallest absolute Gasteiger partial charge is 0.432 e. The van der Waals surface area contributed by atoms with E-state index in [0.29, 0.717) is 0 Å². The maximum atomic E-state index is 11.5. The molecule has 1 heterocycles. The van der Waals surface area contributed by atoms with Crippen LogP contribution >= 0.6 is 0 Å². The highest BCUT2D eigenvalue weighted by Crippen LogP contribution is 2.08. The van der Waals surface area contributed by atoms with Crippen molar-refractivity contribution in [2.45, 2.75) is 6.61 Å². The lowest BCUT2D eigenvalue weighted by atomic mass is 10.2. The fourth-order valence-electron chi connectivity index (χ4n) is 1.31. The summed E-state index contributed by atoms with van der Waals surface area (Å²) >= 11 is 0. The Morgan fingerprint density at radius 2 is 2.11 bits per heavy atom. The highest BCUT2D eigenvalue weighted by atomic mass is 16.6. The van der Waals surface area contributed by atoms with Gasteiger partial charge in [0, 0.05) is 0 Å². The molecule has 1 N–H and O–H groups in total. The van der Waals surface area contributed by atoms with Crippen LogP contribution < -0.4 is 0 Å². The van der Waals surface area contributed by atoms with Crippen LogP contribution in [0.15, 0.2) is 36.5 Å². The zero-order chi connectivity index (χ0) is 13.0. The van der Waals surface area contributed by atoms with Gasteiger partial charge in [0.15, 0.2) is 6.20 Å². The van der Waals surface area contributed by atoms with Gasteiger partial charge in [-0.05, 0) is 10.5 Å². The minimum atomic E-state index is -0.714. The third-order valence-electron chi connectivity index (χ3n) is 2.17. The molecule has 2 aromatic rings. The van der Waals surface area contributed by atoms with Crippen molar-refractivity contribution < 1.29 is 14.5 Å². The molecule has 0 unspecified atom stereocenters. The van der Waals surface area contributed by atoms with Crippen LogP contribution in [-0.4, -0.2) is 20.9 Å². The fourth-order valence-corrected chi connectivity index (χ4v) is 1.31. The van der Waals surface area contributed by atoms with E-state index in [4.69, 9.17) is 4.74 Å². The van der Waals surface area contributed by atoms with Crippen molar-refractivity contribution in [3.8, 4) is 0 Å². The van der Waals surface area contributed by atoms with E-state index in [2.05, 4.69) is 9.97 Å². The van der Waals surface area contributed by atoms with E-state index in [-0.39, 0.29) is 12.3 Å². The number of hydrogen-bond acceptors (Lipinski definition) is 5. The summed E-state index contributed by atoms with van der Waals surface area (Å²) in [5, 5.41) is 10.4. The Bertz CT molecular complexity index is 565. The van der Waals surface area contributed by atoms with E-state index in [1.165, 1.54) is 0 Å². The van der Waals surface area contributed by atoms with Crippen LogP contribution in [0, 0.1) is 10.1 Å². The highest BCUT2D eigenvalue weighted by Gasteiger charge is 2.18. The summed E-state index contributed by atoms with van der Waals surface area (Å²) in [4.78, 5) is 26.9. The first-order valence-corrected chi connectivity index (χ1v) is 5.07. The lowest BCUT2D eigenvalue weighted by Crippen LogP contribution is -2.05. The summed E-state index contributed by atoms with van der Waals surface area (Å²) in [6, 6.07) is 9.11. The van der Waals surface area contributed by atoms with Gasteiger partial charge in [0.05, 0.1) is 0 Å². The number of imidazole rings is 1. The molecule has 0 aliphatic heterocycles. The number of aromatic nitrogens is 2. The van der Waals surface area contributed by atoms with Crippen LogP contribution in [0.2, 0.25) is 0 Å². The molecule has 0 fully saturated rings. The largest absolute Gasteiger partial charge is 0.455 e. The van der Waals surface area contributed by atoms with Crippen LogP contribution in [0.3, 0.4) is 0 Å². The molecular weight excluding hydrogens is 238 g/mol. The Kier molecular flexibility index (Phi) is 3.33. The van der Waals surface area contributed by atoms with Gasteiger partial charge in [0.1, 0.15) is 6.61 Å². The zero-order valence-electron chi connectivity index (χ0n) is 9.20. The van der Waals surface area contributed by atoms with Crippen molar-refractivity contribution in [1.82, 2.24) is 9.97 Å². The summed E-state index contributed by atoms with van der Waals surface area (Å²) in [6.45, 7) is 0.104. The summed E-state index contributed by atoms with van der Waals surface area (Å²) in [5.74, 6) is -1.17. The van der Waals surface area contributed by atoms with Gasteiger partial charge < -0.3 is 14.9 Å². The normalized spacial score (nSPS) is 10.0. The highest BCUT2D eigenvalue weighted by molar-refractivity contribution is 5.87. The van der Waals surface area contributed by atoms with Gasteiger partial charge in [0.2, 0.25) is 5.69 Å². The number of esters is 1. The summed E-state index contributed by atoms with van der Waals surface area (Å²) in [6.07, 6.45) is 1.07. The van der Waals surface area contributed by atoms with Crippen molar-refractivity contribution >= 4 is 11.9 Å². The molecule has 0 aliphatic rings. The van der Waals surface area contributed by atoms with Gasteiger partial charge in [-0.2, -0.15) is 0 Å². The third-order valence-corrected chi connectivity index (χ3v) is 2.17. The number of rotatable bonds is 4. The van der Waals surface area contributed by atoms with E-state index in [1.54, 1.807) is 0 Å². The topological polar surface area (TPSA) is 98.1 Å². The van der Waals surface area contributed by atoms with Crippen molar-refractivity contribution in [1.29, 1.82) is 0 Å². The molecule has 7 heteroatoms. The molecule has 0 amide bonds. The molecule has 0 bridgehead atoms. The first-order chi connectivity index (χ1) is 8.66. The number of hydrogen-bond donors (Lipinski definition) is 1. The van der Waals surface area contributed by atoms with Crippen LogP contribution in [0.25, 0.3) is 0 Å². The molecular formula is C11H9N3O4. The number of benzene rings is 1. The lowest BCUT2D eigenvalue weighted by Gasteiger charge is -2.01. The maximum absolute atomic E-state index is 11.5. The molecule has 0 saturated heterocycles. The monoisotopic (exact) mass is 247 g/mol. The van der Waals surface area contributed by atoms with Crippen molar-refractivity contribution in [3.63, 3.8) is 0 Å². The SMILES string of the molecule is O=C(OCc1ccccc1)c1cnc([N+](=O)[O-])[nH]1. The fraction of sp³-hybridized carbons (Fsp3) is 0.0909. The summed E-state index contributed by atoms with van der Waals surface area (Å²) in [5.41, 5.74) is 0.789. The van der Waals surface area contributed by atoms with E-state index in [1.807, 2.05) is 30.3 Å². The van der Waals surface area contributed by atoms with Gasteiger partial charge in [-0.25, -0.2) is 9.78 Å². The second kappa shape index (κ2) is 5.09. The first-order valence-electron chi connectivity index (χ1n) is 5.07. The Hall–Kier alpha value is -2.70. The van der Waals surface area contributed by atoms with Gasteiger partial charge in [0.25, 0.3) is 0 Å². The molecule has 0 radical (unpaired) electrons. The molecule has 2 rings (SSSR count). The number of aromatic amines is 1. The Balaban J connectivity index is 1.97. The second-order valence-electron chi connectivity index (χ2n) is 3.44. The van der Waals surface area contributed by atoms with E-state index in [9.17, 15) is 14.9 Å². The predicted octanol–water partition coefficient (Wildman–Crippen LogP) is 1.67. The van der Waals surface area contributed by atoms with E-state index >= 15 is 0 Å². The first kappa shape index (κ1) is 11.8. The predicted molar refractivity (Wildman–Crippen MR) is 60.8 cm³/mol. The number of carbonyl (C=O) groups is 1. The number of nitrogens with one attached hydrogen (secondary N) is 1. The molecule has 0 spiro atoms. The Morgan fingerprint density at radius 3 is 2.72 bits per heavy atom. The number of nitro groups is 1. The Labute approximate surface area is 102 Å². The number of nitrogens with zero attached hydrogens (tertiary/aromatic N) is 2. The average molecular weight is 247 g/mol. The summed E-state index contributed by atoms with van der Waals surface area (Å²) < 4.78 is 4.97. The van der Waals surface area contributed by atoms with Crippen LogP contribution in [0.4, 0.5) is 5.95 Å². The van der Waals surface area contributed by atoms with Gasteiger partial charge in [-0.3, -0.25) is 0 Å². The van der Waals surface area contributed by atoms with Gasteiger partial charge in [-0.1, -0.05) is 35.3 Å². The van der Waals surface area contributed by atoms with Gasteiger partial charge >= 0.3 is 11.9 Å². The molecule has 0 atom stereocenters. The van der Waals surface area contributed by atoms with Crippen LogP contribution in [0.5, 0.6) is 0 Å². The van der Waals surface area contributed by atoms with Crippen molar-refractivity contribution in [2.75, 3.05) is 0 Å².